The number of benzene rings is 13. The number of hydrogen-bond donors (Lipinski definition) is 0. The number of aromatic nitrogens is 1. The number of anilines is 3. The minimum absolute atomic E-state index is 0.140. The number of fused-ring (bicyclic) bond motifs is 7. The summed E-state index contributed by atoms with van der Waals surface area (Å²) in [5, 5.41) is 4.84. The first-order chi connectivity index (χ1) is 39.9. The minimum atomic E-state index is -0.140. The number of nitrogens with zero attached hydrogens (tertiary/aromatic N) is 2. The van der Waals surface area contributed by atoms with Gasteiger partial charge in [-0.25, -0.2) is 0 Å². The van der Waals surface area contributed by atoms with Crippen molar-refractivity contribution in [3.8, 4) is 83.6 Å². The Bertz CT molecular complexity index is 4590. The lowest BCUT2D eigenvalue weighted by Gasteiger charge is -2.29. The summed E-state index contributed by atoms with van der Waals surface area (Å²) in [6.07, 6.45) is 0. The Morgan fingerprint density at radius 1 is 0.272 bits per heavy atom. The highest BCUT2D eigenvalue weighted by molar-refractivity contribution is 6.11. The quantitative estimate of drug-likeness (QED) is 0.133. The predicted molar refractivity (Wildman–Crippen MR) is 343 cm³/mol. The Morgan fingerprint density at radius 3 is 1.42 bits per heavy atom. The van der Waals surface area contributed by atoms with Gasteiger partial charge >= 0.3 is 0 Å². The van der Waals surface area contributed by atoms with Crippen LogP contribution in [0.5, 0.6) is 0 Å². The summed E-state index contributed by atoms with van der Waals surface area (Å²) in [6.45, 7) is 4.73. The Morgan fingerprint density at radius 2 is 0.741 bits per heavy atom. The van der Waals surface area contributed by atoms with E-state index in [1.165, 1.54) is 99.4 Å². The molecule has 0 spiro atoms. The van der Waals surface area contributed by atoms with Gasteiger partial charge in [-0.3, -0.25) is 0 Å². The van der Waals surface area contributed by atoms with E-state index in [0.29, 0.717) is 0 Å². The van der Waals surface area contributed by atoms with Gasteiger partial charge < -0.3 is 9.47 Å². The van der Waals surface area contributed by atoms with Crippen molar-refractivity contribution in [3.05, 3.63) is 314 Å². The van der Waals surface area contributed by atoms with Gasteiger partial charge in [0.05, 0.1) is 16.7 Å². The molecule has 0 unspecified atom stereocenters. The lowest BCUT2D eigenvalue weighted by atomic mass is 9.82. The third-order valence-electron chi connectivity index (χ3n) is 17.0. The van der Waals surface area contributed by atoms with E-state index < -0.39 is 0 Å². The molecule has 1 aliphatic carbocycles. The van der Waals surface area contributed by atoms with Crippen molar-refractivity contribution < 1.29 is 0 Å². The van der Waals surface area contributed by atoms with Gasteiger partial charge in [-0.1, -0.05) is 250 Å². The zero-order valence-electron chi connectivity index (χ0n) is 45.3. The third kappa shape index (κ3) is 8.35. The number of rotatable bonds is 10. The molecule has 0 atom stereocenters. The van der Waals surface area contributed by atoms with E-state index >= 15 is 0 Å². The van der Waals surface area contributed by atoms with Gasteiger partial charge in [-0.15, -0.1) is 0 Å². The van der Waals surface area contributed by atoms with Gasteiger partial charge in [0.25, 0.3) is 0 Å². The van der Waals surface area contributed by atoms with E-state index in [0.717, 1.165) is 45.0 Å². The maximum Gasteiger partial charge on any atom is 0.0541 e. The van der Waals surface area contributed by atoms with Crippen molar-refractivity contribution in [1.82, 2.24) is 4.57 Å². The molecule has 14 aromatic rings. The fourth-order valence-corrected chi connectivity index (χ4v) is 12.9. The molecule has 0 fully saturated rings. The highest BCUT2D eigenvalue weighted by Gasteiger charge is 2.36. The third-order valence-corrected chi connectivity index (χ3v) is 17.0. The first-order valence-corrected chi connectivity index (χ1v) is 28.1. The summed E-state index contributed by atoms with van der Waals surface area (Å²) in [7, 11) is 0. The molecule has 0 saturated heterocycles. The fourth-order valence-electron chi connectivity index (χ4n) is 12.9. The molecule has 0 bridgehead atoms. The molecule has 13 aromatic carbocycles. The first kappa shape index (κ1) is 47.9. The average molecular weight is 1030 g/mol. The molecule has 2 heteroatoms. The standard InChI is InChI=1S/C79H56N2/c1-79(2)74-32-15-13-30-70(74)71-45-44-65(52-75(71)79)80(76-34-18-24-59-23-9-10-29-69(59)76)64-26-17-25-60(48-64)67-27-11-12-28-68(67)61-43-46-78-73(51-61)72-31-14-16-33-77(72)81(78)66-49-62(57-39-35-55(36-40-57)53-19-5-3-6-20-53)47-63(50-66)58-41-37-56(38-42-58)54-21-7-4-8-22-54/h3-52H,1-2H3. The minimum Gasteiger partial charge on any atom is -0.310 e. The van der Waals surface area contributed by atoms with Crippen LogP contribution in [0.25, 0.3) is 116 Å². The molecular weight excluding hydrogens is 977 g/mol. The molecule has 1 heterocycles. The molecule has 0 amide bonds. The van der Waals surface area contributed by atoms with Gasteiger partial charge in [-0.05, 0) is 161 Å². The molecule has 0 radical (unpaired) electrons. The topological polar surface area (TPSA) is 8.17 Å². The van der Waals surface area contributed by atoms with Gasteiger partial charge in [0.1, 0.15) is 0 Å². The Labute approximate surface area is 473 Å². The second-order valence-corrected chi connectivity index (χ2v) is 22.1. The summed E-state index contributed by atoms with van der Waals surface area (Å²) in [5.41, 5.74) is 26.2. The Balaban J connectivity index is 0.849. The van der Waals surface area contributed by atoms with Crippen LogP contribution < -0.4 is 4.90 Å². The van der Waals surface area contributed by atoms with Crippen molar-refractivity contribution in [2.24, 2.45) is 0 Å². The van der Waals surface area contributed by atoms with Crippen LogP contribution in [0.3, 0.4) is 0 Å². The monoisotopic (exact) mass is 1030 g/mol. The van der Waals surface area contributed by atoms with E-state index in [2.05, 4.69) is 327 Å². The van der Waals surface area contributed by atoms with Crippen LogP contribution in [0, 0.1) is 0 Å². The van der Waals surface area contributed by atoms with Crippen molar-refractivity contribution in [1.29, 1.82) is 0 Å². The van der Waals surface area contributed by atoms with Crippen LogP contribution >= 0.6 is 0 Å². The second kappa shape index (κ2) is 19.6. The molecular formula is C79H56N2. The van der Waals surface area contributed by atoms with Crippen LogP contribution in [-0.4, -0.2) is 4.57 Å². The van der Waals surface area contributed by atoms with E-state index in [1.54, 1.807) is 0 Å². The van der Waals surface area contributed by atoms with E-state index in [-0.39, 0.29) is 5.41 Å². The summed E-state index contributed by atoms with van der Waals surface area (Å²) in [6, 6.07) is 112. The molecule has 1 aromatic heterocycles. The maximum absolute atomic E-state index is 2.47. The lowest BCUT2D eigenvalue weighted by Crippen LogP contribution is -2.16. The Kier molecular flexibility index (Phi) is 11.6. The van der Waals surface area contributed by atoms with Crippen LogP contribution in [0.1, 0.15) is 25.0 Å². The molecule has 15 rings (SSSR count). The number of para-hydroxylation sites is 1. The van der Waals surface area contributed by atoms with Gasteiger partial charge in [-0.2, -0.15) is 0 Å². The molecule has 0 N–H and O–H groups in total. The zero-order valence-corrected chi connectivity index (χ0v) is 45.3. The van der Waals surface area contributed by atoms with Crippen LogP contribution in [0.15, 0.2) is 303 Å². The summed E-state index contributed by atoms with van der Waals surface area (Å²) in [5.74, 6) is 0. The van der Waals surface area contributed by atoms with Crippen LogP contribution in [0.4, 0.5) is 17.1 Å². The average Bonchev–Trinajstić information content (AvgIpc) is 4.24. The van der Waals surface area contributed by atoms with Gasteiger partial charge in [0, 0.05) is 38.6 Å². The molecule has 1 aliphatic rings. The molecule has 81 heavy (non-hydrogen) atoms. The van der Waals surface area contributed by atoms with Crippen LogP contribution in [0.2, 0.25) is 0 Å². The second-order valence-electron chi connectivity index (χ2n) is 22.1. The smallest absolute Gasteiger partial charge is 0.0541 e. The van der Waals surface area contributed by atoms with E-state index in [1.807, 2.05) is 0 Å². The first-order valence-electron chi connectivity index (χ1n) is 28.1. The predicted octanol–water partition coefficient (Wildman–Crippen LogP) is 21.7. The van der Waals surface area contributed by atoms with E-state index in [4.69, 9.17) is 0 Å². The summed E-state index contributed by atoms with van der Waals surface area (Å²) in [4.78, 5) is 2.47. The summed E-state index contributed by atoms with van der Waals surface area (Å²) >= 11 is 0. The van der Waals surface area contributed by atoms with Gasteiger partial charge in [0.2, 0.25) is 0 Å². The maximum atomic E-state index is 2.47. The van der Waals surface area contributed by atoms with Crippen molar-refractivity contribution in [2.45, 2.75) is 19.3 Å². The molecule has 0 saturated carbocycles. The summed E-state index contributed by atoms with van der Waals surface area (Å²) < 4.78 is 2.47. The van der Waals surface area contributed by atoms with Crippen molar-refractivity contribution in [3.63, 3.8) is 0 Å². The Hall–Kier alpha value is -10.3. The normalized spacial score (nSPS) is 12.4. The lowest BCUT2D eigenvalue weighted by molar-refractivity contribution is 0.660. The molecule has 0 aliphatic heterocycles. The zero-order chi connectivity index (χ0) is 54.0. The van der Waals surface area contributed by atoms with Gasteiger partial charge in [0.15, 0.2) is 0 Å². The highest BCUT2D eigenvalue weighted by Crippen LogP contribution is 2.51. The number of hydrogen-bond acceptors (Lipinski definition) is 1. The van der Waals surface area contributed by atoms with E-state index in [9.17, 15) is 0 Å². The van der Waals surface area contributed by atoms with Crippen molar-refractivity contribution >= 4 is 49.6 Å². The van der Waals surface area contributed by atoms with Crippen molar-refractivity contribution in [2.75, 3.05) is 4.90 Å². The SMILES string of the molecule is CC1(C)c2ccccc2-c2ccc(N(c3cccc(-c4ccccc4-c4ccc5c(c4)c4ccccc4n5-c4cc(-c5ccc(-c6ccccc6)cc5)cc(-c5ccc(-c6ccccc6)cc5)c4)c3)c3cccc4ccccc34)cc21. The molecule has 2 nitrogen and oxygen atoms in total. The fraction of sp³-hybridized carbons (Fsp3) is 0.0380. The largest absolute Gasteiger partial charge is 0.310 e. The van der Waals surface area contributed by atoms with Crippen LogP contribution in [-0.2, 0) is 5.41 Å². The highest BCUT2D eigenvalue weighted by atomic mass is 15.1. The molecule has 382 valence electrons.